The van der Waals surface area contributed by atoms with E-state index in [0.717, 1.165) is 0 Å². The summed E-state index contributed by atoms with van der Waals surface area (Å²) in [6.07, 6.45) is 3.63. The summed E-state index contributed by atoms with van der Waals surface area (Å²) in [5.74, 6) is 3.98. The molecule has 0 saturated heterocycles. The molecule has 0 aliphatic heterocycles. The molecule has 0 spiro atoms. The molecule has 0 nitrogen and oxygen atoms in total. The predicted octanol–water partition coefficient (Wildman–Crippen LogP) is 4.71. The van der Waals surface area contributed by atoms with Crippen molar-refractivity contribution in [3.8, 4) is 0 Å². The fraction of sp³-hybridized carbons (Fsp3) is 0.769. The van der Waals surface area contributed by atoms with Crippen LogP contribution in [0.1, 0.15) is 48.0 Å². The van der Waals surface area contributed by atoms with E-state index in [-0.39, 0.29) is 21.1 Å². The minimum absolute atomic E-state index is 0. The second-order valence-corrected chi connectivity index (χ2v) is 6.47. The van der Waals surface area contributed by atoms with E-state index < -0.39 is 0 Å². The van der Waals surface area contributed by atoms with Gasteiger partial charge in [0.15, 0.2) is 0 Å². The zero-order valence-corrected chi connectivity index (χ0v) is 14.8. The van der Waals surface area contributed by atoms with Crippen molar-refractivity contribution in [2.45, 2.75) is 48.0 Å². The van der Waals surface area contributed by atoms with Gasteiger partial charge in [0.2, 0.25) is 0 Å². The van der Waals surface area contributed by atoms with Gasteiger partial charge in [0, 0.05) is 26.8 Å². The standard InChI is InChI=1S/C13H25S.W/c1-11(2)7-8-14-10-12(3)9-13(4,5)6;/h9H,7-8,10H2,1-6H3;/q-1;/b12-9-;. The van der Waals surface area contributed by atoms with Crippen LogP contribution in [0.5, 0.6) is 0 Å². The van der Waals surface area contributed by atoms with Crippen molar-refractivity contribution in [2.24, 2.45) is 5.41 Å². The minimum atomic E-state index is 0. The van der Waals surface area contributed by atoms with Gasteiger partial charge in [-0.1, -0.05) is 32.4 Å². The van der Waals surface area contributed by atoms with E-state index in [1.165, 1.54) is 29.4 Å². The van der Waals surface area contributed by atoms with Gasteiger partial charge in [-0.25, -0.2) is 0 Å². The molecule has 0 aliphatic rings. The zero-order chi connectivity index (χ0) is 11.2. The van der Waals surface area contributed by atoms with Crippen LogP contribution in [-0.4, -0.2) is 11.5 Å². The SMILES string of the molecule is C/C(=C/C(C)(C)C)CSCC[C-](C)C.[W]. The summed E-state index contributed by atoms with van der Waals surface area (Å²) in [6.45, 7) is 13.4. The van der Waals surface area contributed by atoms with Crippen LogP contribution in [0.15, 0.2) is 11.6 Å². The Kier molecular flexibility index (Phi) is 10.7. The summed E-state index contributed by atoms with van der Waals surface area (Å²) in [5, 5.41) is 0. The Morgan fingerprint density at radius 3 is 2.20 bits per heavy atom. The largest absolute Gasteiger partial charge is 0.319 e. The quantitative estimate of drug-likeness (QED) is 0.368. The third-order valence-electron chi connectivity index (χ3n) is 1.76. The predicted molar refractivity (Wildman–Crippen MR) is 69.7 cm³/mol. The monoisotopic (exact) mass is 397 g/mol. The van der Waals surface area contributed by atoms with Crippen LogP contribution >= 0.6 is 11.8 Å². The van der Waals surface area contributed by atoms with E-state index in [1.807, 2.05) is 11.8 Å². The van der Waals surface area contributed by atoms with Crippen LogP contribution < -0.4 is 0 Å². The molecule has 15 heavy (non-hydrogen) atoms. The van der Waals surface area contributed by atoms with E-state index in [0.29, 0.717) is 5.41 Å². The zero-order valence-electron chi connectivity index (χ0n) is 11.0. The molecular formula is C13H25SW-. The summed E-state index contributed by atoms with van der Waals surface area (Å²) >= 11 is 2.04. The Bertz CT molecular complexity index is 177. The van der Waals surface area contributed by atoms with E-state index in [9.17, 15) is 0 Å². The molecule has 0 aromatic heterocycles. The van der Waals surface area contributed by atoms with Gasteiger partial charge in [-0.05, 0) is 18.1 Å². The van der Waals surface area contributed by atoms with Crippen molar-refractivity contribution in [1.82, 2.24) is 0 Å². The van der Waals surface area contributed by atoms with Gasteiger partial charge in [0.1, 0.15) is 0 Å². The van der Waals surface area contributed by atoms with Crippen LogP contribution in [0, 0.1) is 11.3 Å². The Morgan fingerprint density at radius 2 is 1.80 bits per heavy atom. The van der Waals surface area contributed by atoms with E-state index in [4.69, 9.17) is 0 Å². The topological polar surface area (TPSA) is 0 Å². The average Bonchev–Trinajstić information content (AvgIpc) is 1.94. The van der Waals surface area contributed by atoms with Crippen LogP contribution in [0.3, 0.4) is 0 Å². The molecule has 0 unspecified atom stereocenters. The maximum atomic E-state index is 2.38. The Hall–Kier alpha value is 0.778. The van der Waals surface area contributed by atoms with Crippen molar-refractivity contribution < 1.29 is 21.1 Å². The summed E-state index contributed by atoms with van der Waals surface area (Å²) in [7, 11) is 0. The summed E-state index contributed by atoms with van der Waals surface area (Å²) in [5.41, 5.74) is 1.84. The van der Waals surface area contributed by atoms with Crippen LogP contribution in [0.2, 0.25) is 0 Å². The Labute approximate surface area is 115 Å². The molecule has 0 amide bonds. The Balaban J connectivity index is 0. The van der Waals surface area contributed by atoms with Crippen molar-refractivity contribution in [3.05, 3.63) is 17.6 Å². The van der Waals surface area contributed by atoms with Gasteiger partial charge < -0.3 is 5.92 Å². The molecule has 0 rings (SSSR count). The first-order chi connectivity index (χ1) is 6.31. The molecule has 0 bridgehead atoms. The number of hydrogen-bond acceptors (Lipinski definition) is 1. The third kappa shape index (κ3) is 14.8. The van der Waals surface area contributed by atoms with E-state index in [2.05, 4.69) is 47.6 Å². The molecule has 0 heterocycles. The summed E-state index contributed by atoms with van der Waals surface area (Å²) in [4.78, 5) is 0. The maximum Gasteiger partial charge on any atom is 0.0139 e. The van der Waals surface area contributed by atoms with Gasteiger partial charge in [-0.2, -0.15) is 32.0 Å². The molecule has 0 fully saturated rings. The van der Waals surface area contributed by atoms with E-state index in [1.54, 1.807) is 0 Å². The third-order valence-corrected chi connectivity index (χ3v) is 2.91. The fourth-order valence-corrected chi connectivity index (χ4v) is 2.39. The molecule has 0 saturated carbocycles. The number of allylic oxidation sites excluding steroid dienone is 1. The first-order valence-electron chi connectivity index (χ1n) is 5.36. The van der Waals surface area contributed by atoms with Gasteiger partial charge in [0.05, 0.1) is 0 Å². The molecule has 0 aromatic carbocycles. The molecule has 0 aromatic rings. The van der Waals surface area contributed by atoms with Gasteiger partial charge in [0.25, 0.3) is 0 Å². The summed E-state index contributed by atoms with van der Waals surface area (Å²) < 4.78 is 0. The average molecular weight is 397 g/mol. The minimum Gasteiger partial charge on any atom is -0.319 e. The van der Waals surface area contributed by atoms with Crippen LogP contribution in [0.4, 0.5) is 0 Å². The summed E-state index contributed by atoms with van der Waals surface area (Å²) in [6, 6.07) is 0. The van der Waals surface area contributed by atoms with Gasteiger partial charge >= 0.3 is 0 Å². The molecule has 0 N–H and O–H groups in total. The Morgan fingerprint density at radius 1 is 1.27 bits per heavy atom. The molecule has 0 aliphatic carbocycles. The first-order valence-corrected chi connectivity index (χ1v) is 6.52. The molecule has 0 radical (unpaired) electrons. The molecule has 2 heteroatoms. The molecule has 0 atom stereocenters. The smallest absolute Gasteiger partial charge is 0.0139 e. The number of hydrogen-bond donors (Lipinski definition) is 0. The first kappa shape index (κ1) is 18.2. The van der Waals surface area contributed by atoms with Crippen molar-refractivity contribution in [2.75, 3.05) is 11.5 Å². The fourth-order valence-electron chi connectivity index (χ4n) is 1.29. The maximum absolute atomic E-state index is 2.38. The second-order valence-electron chi connectivity index (χ2n) is 5.37. The van der Waals surface area contributed by atoms with E-state index >= 15 is 0 Å². The second kappa shape index (κ2) is 8.88. The molecular weight excluding hydrogens is 372 g/mol. The molecule has 90 valence electrons. The van der Waals surface area contributed by atoms with Crippen molar-refractivity contribution in [1.29, 1.82) is 0 Å². The van der Waals surface area contributed by atoms with Crippen LogP contribution in [0.25, 0.3) is 0 Å². The van der Waals surface area contributed by atoms with Gasteiger partial charge in [-0.15, -0.1) is 0 Å². The van der Waals surface area contributed by atoms with Crippen LogP contribution in [-0.2, 0) is 21.1 Å². The van der Waals surface area contributed by atoms with Crippen molar-refractivity contribution >= 4 is 11.8 Å². The number of rotatable bonds is 5. The van der Waals surface area contributed by atoms with Gasteiger partial charge in [-0.3, -0.25) is 0 Å². The number of thioether (sulfide) groups is 1. The van der Waals surface area contributed by atoms with Crippen molar-refractivity contribution in [3.63, 3.8) is 0 Å². The normalized spacial score (nSPS) is 12.9.